The van der Waals surface area contributed by atoms with E-state index in [0.29, 0.717) is 11.4 Å². The molecule has 1 aromatic heterocycles. The molecule has 1 aromatic carbocycles. The number of nitrogens with zero attached hydrogens (tertiary/aromatic N) is 2. The Labute approximate surface area is 233 Å². The van der Waals surface area contributed by atoms with E-state index in [-0.39, 0.29) is 5.75 Å². The van der Waals surface area contributed by atoms with Gasteiger partial charge in [0.1, 0.15) is 5.75 Å². The molecule has 0 aliphatic heterocycles. The monoisotopic (exact) mass is 620 g/mol. The molecule has 1 fully saturated rings. The van der Waals surface area contributed by atoms with E-state index in [4.69, 9.17) is 4.74 Å². The Bertz CT molecular complexity index is 1190. The SMILES string of the molecule is CCCCCc1cnc(-c2ccc(OC(=O)C3CCC(C(F)(F)C(F)(F)C(F)(F)C(F)(F)C(F)(F)F)CC3)cc2)nc1. The van der Waals surface area contributed by atoms with Crippen LogP contribution in [0.2, 0.25) is 0 Å². The maximum absolute atomic E-state index is 14.4. The van der Waals surface area contributed by atoms with Gasteiger partial charge in [-0.15, -0.1) is 0 Å². The zero-order chi connectivity index (χ0) is 31.6. The van der Waals surface area contributed by atoms with Gasteiger partial charge in [-0.1, -0.05) is 19.8 Å². The summed E-state index contributed by atoms with van der Waals surface area (Å²) in [5.41, 5.74) is 1.56. The fourth-order valence-electron chi connectivity index (χ4n) is 4.62. The minimum Gasteiger partial charge on any atom is -0.426 e. The van der Waals surface area contributed by atoms with Crippen LogP contribution in [0.3, 0.4) is 0 Å². The smallest absolute Gasteiger partial charge is 0.426 e. The van der Waals surface area contributed by atoms with Crippen molar-refractivity contribution in [1.82, 2.24) is 9.97 Å². The van der Waals surface area contributed by atoms with E-state index >= 15 is 0 Å². The molecule has 42 heavy (non-hydrogen) atoms. The number of hydrogen-bond donors (Lipinski definition) is 0. The zero-order valence-electron chi connectivity index (χ0n) is 22.1. The molecule has 3 rings (SSSR count). The lowest BCUT2D eigenvalue weighted by atomic mass is 9.76. The lowest BCUT2D eigenvalue weighted by molar-refractivity contribution is -0.427. The van der Waals surface area contributed by atoms with E-state index < -0.39 is 73.4 Å². The molecule has 1 heterocycles. The Morgan fingerprint density at radius 1 is 0.786 bits per heavy atom. The third-order valence-electron chi connectivity index (χ3n) is 7.24. The molecule has 0 saturated heterocycles. The molecule has 0 bridgehead atoms. The van der Waals surface area contributed by atoms with Gasteiger partial charge in [-0.2, -0.15) is 48.3 Å². The Morgan fingerprint density at radius 2 is 1.33 bits per heavy atom. The normalized spacial score (nSPS) is 19.0. The first-order chi connectivity index (χ1) is 19.4. The summed E-state index contributed by atoms with van der Waals surface area (Å²) in [4.78, 5) is 21.1. The predicted molar refractivity (Wildman–Crippen MR) is 128 cm³/mol. The number of benzene rings is 1. The first-order valence-corrected chi connectivity index (χ1v) is 13.1. The fraction of sp³-hybridized carbons (Fsp3) is 0.593. The van der Waals surface area contributed by atoms with Crippen molar-refractivity contribution in [3.05, 3.63) is 42.2 Å². The predicted octanol–water partition coefficient (Wildman–Crippen LogP) is 8.69. The Morgan fingerprint density at radius 3 is 1.83 bits per heavy atom. The van der Waals surface area contributed by atoms with E-state index in [0.717, 1.165) is 31.2 Å². The second-order valence-corrected chi connectivity index (χ2v) is 10.2. The van der Waals surface area contributed by atoms with Gasteiger partial charge in [-0.3, -0.25) is 4.79 Å². The molecule has 0 unspecified atom stereocenters. The third-order valence-corrected chi connectivity index (χ3v) is 7.24. The van der Waals surface area contributed by atoms with Crippen molar-refractivity contribution >= 4 is 5.97 Å². The Kier molecular flexibility index (Phi) is 9.82. The van der Waals surface area contributed by atoms with Crippen molar-refractivity contribution in [3.63, 3.8) is 0 Å². The summed E-state index contributed by atoms with van der Waals surface area (Å²) in [6, 6.07) is 5.89. The molecule has 4 nitrogen and oxygen atoms in total. The number of alkyl halides is 11. The summed E-state index contributed by atoms with van der Waals surface area (Å²) in [7, 11) is 0. The highest BCUT2D eigenvalue weighted by Crippen LogP contribution is 2.60. The maximum Gasteiger partial charge on any atom is 0.460 e. The van der Waals surface area contributed by atoms with Crippen LogP contribution in [0, 0.1) is 11.8 Å². The topological polar surface area (TPSA) is 52.1 Å². The highest BCUT2D eigenvalue weighted by atomic mass is 19.4. The molecular weight excluding hydrogens is 593 g/mol. The molecule has 0 atom stereocenters. The largest absolute Gasteiger partial charge is 0.460 e. The molecule has 1 aliphatic rings. The van der Waals surface area contributed by atoms with Gasteiger partial charge in [-0.05, 0) is 68.4 Å². The standard InChI is InChI=1S/C27H27F11N2O2/c1-2-3-4-5-16-14-39-21(40-15-16)17-8-12-20(13-9-17)42-22(41)18-6-10-19(11-7-18)23(28,29)24(30,31)25(32,33)26(34,35)27(36,37)38/h8-9,12-15,18-19H,2-7,10-11H2,1H3. The van der Waals surface area contributed by atoms with Gasteiger partial charge in [0, 0.05) is 23.9 Å². The number of ether oxygens (including phenoxy) is 1. The lowest BCUT2D eigenvalue weighted by Crippen LogP contribution is -2.67. The van der Waals surface area contributed by atoms with Crippen LogP contribution in [-0.2, 0) is 11.2 Å². The number of unbranched alkanes of at least 4 members (excludes halogenated alkanes) is 2. The van der Waals surface area contributed by atoms with Crippen molar-refractivity contribution in [1.29, 1.82) is 0 Å². The summed E-state index contributed by atoms with van der Waals surface area (Å²) in [6.07, 6.45) is -3.01. The van der Waals surface area contributed by atoms with Gasteiger partial charge >= 0.3 is 35.8 Å². The number of halogens is 11. The van der Waals surface area contributed by atoms with Crippen LogP contribution in [0.25, 0.3) is 11.4 Å². The average molecular weight is 621 g/mol. The Balaban J connectivity index is 1.60. The zero-order valence-corrected chi connectivity index (χ0v) is 22.1. The summed E-state index contributed by atoms with van der Waals surface area (Å²) >= 11 is 0. The van der Waals surface area contributed by atoms with E-state index in [1.54, 1.807) is 24.5 Å². The second-order valence-electron chi connectivity index (χ2n) is 10.2. The maximum atomic E-state index is 14.4. The summed E-state index contributed by atoms with van der Waals surface area (Å²) in [5, 5.41) is 0. The van der Waals surface area contributed by atoms with Crippen LogP contribution in [-0.4, -0.2) is 45.8 Å². The van der Waals surface area contributed by atoms with Gasteiger partial charge in [0.2, 0.25) is 0 Å². The summed E-state index contributed by atoms with van der Waals surface area (Å²) in [6.45, 7) is 2.09. The number of esters is 1. The van der Waals surface area contributed by atoms with Gasteiger partial charge in [-0.25, -0.2) is 9.97 Å². The van der Waals surface area contributed by atoms with Crippen molar-refractivity contribution in [2.45, 2.75) is 88.2 Å². The van der Waals surface area contributed by atoms with Gasteiger partial charge in [0.25, 0.3) is 0 Å². The van der Waals surface area contributed by atoms with Crippen molar-refractivity contribution in [3.8, 4) is 17.1 Å². The molecule has 0 N–H and O–H groups in total. The van der Waals surface area contributed by atoms with Crippen LogP contribution in [0.4, 0.5) is 48.3 Å². The lowest BCUT2D eigenvalue weighted by Gasteiger charge is -2.41. The summed E-state index contributed by atoms with van der Waals surface area (Å²) < 4.78 is 152. The number of carbonyl (C=O) groups excluding carboxylic acids is 1. The van der Waals surface area contributed by atoms with E-state index in [1.807, 2.05) is 0 Å². The first-order valence-electron chi connectivity index (χ1n) is 13.1. The minimum atomic E-state index is -7.44. The number of rotatable bonds is 11. The molecule has 1 aliphatic carbocycles. The first kappa shape index (κ1) is 33.5. The summed E-state index contributed by atoms with van der Waals surface area (Å²) in [5.74, 6) is -32.2. The Hall–Kier alpha value is -3.00. The van der Waals surface area contributed by atoms with E-state index in [1.165, 1.54) is 12.1 Å². The number of aryl methyl sites for hydroxylation is 1. The van der Waals surface area contributed by atoms with Crippen molar-refractivity contribution < 1.29 is 57.8 Å². The molecule has 2 aromatic rings. The highest BCUT2D eigenvalue weighted by molar-refractivity contribution is 5.75. The highest BCUT2D eigenvalue weighted by Gasteiger charge is 2.87. The fourth-order valence-corrected chi connectivity index (χ4v) is 4.62. The molecule has 0 spiro atoms. The van der Waals surface area contributed by atoms with Crippen LogP contribution in [0.5, 0.6) is 5.75 Å². The molecule has 0 amide bonds. The van der Waals surface area contributed by atoms with Gasteiger partial charge in [0.15, 0.2) is 5.82 Å². The molecule has 234 valence electrons. The van der Waals surface area contributed by atoms with Crippen LogP contribution in [0.15, 0.2) is 36.7 Å². The quantitative estimate of drug-likeness (QED) is 0.109. The number of carbonyl (C=O) groups is 1. The number of aromatic nitrogens is 2. The van der Waals surface area contributed by atoms with Crippen LogP contribution < -0.4 is 4.74 Å². The van der Waals surface area contributed by atoms with Gasteiger partial charge in [0.05, 0.1) is 5.92 Å². The molecule has 15 heteroatoms. The second kappa shape index (κ2) is 12.3. The van der Waals surface area contributed by atoms with Crippen molar-refractivity contribution in [2.24, 2.45) is 11.8 Å². The minimum absolute atomic E-state index is 0.0351. The molecule has 0 radical (unpaired) electrons. The molecule has 1 saturated carbocycles. The van der Waals surface area contributed by atoms with Crippen LogP contribution >= 0.6 is 0 Å². The van der Waals surface area contributed by atoms with E-state index in [9.17, 15) is 53.1 Å². The molecular formula is C27H27F11N2O2. The van der Waals surface area contributed by atoms with Gasteiger partial charge < -0.3 is 4.74 Å². The van der Waals surface area contributed by atoms with E-state index in [2.05, 4.69) is 16.9 Å². The average Bonchev–Trinajstić information content (AvgIpc) is 2.93. The number of hydrogen-bond acceptors (Lipinski definition) is 4. The third kappa shape index (κ3) is 6.48. The van der Waals surface area contributed by atoms with Crippen molar-refractivity contribution in [2.75, 3.05) is 0 Å². The van der Waals surface area contributed by atoms with Crippen LogP contribution in [0.1, 0.15) is 57.4 Å².